The highest BCUT2D eigenvalue weighted by atomic mass is 16.3. The minimum atomic E-state index is -1.11. The molecular weight excluding hydrogens is 440 g/mol. The van der Waals surface area contributed by atoms with Crippen molar-refractivity contribution in [2.45, 2.75) is 37.3 Å². The maximum atomic E-state index is 12.1. The summed E-state index contributed by atoms with van der Waals surface area (Å²) < 4.78 is 2.18. The Hall–Kier alpha value is -3.95. The van der Waals surface area contributed by atoms with E-state index in [9.17, 15) is 5.11 Å². The molecule has 1 aliphatic rings. The number of hydrogen-bond donors (Lipinski definition) is 1. The van der Waals surface area contributed by atoms with Crippen molar-refractivity contribution < 1.29 is 5.11 Å². The summed E-state index contributed by atoms with van der Waals surface area (Å²) in [4.78, 5) is 4.90. The molecule has 5 aromatic rings. The number of fused-ring (bicyclic) bond motifs is 1. The number of aliphatic hydroxyl groups is 1. The molecule has 1 atom stereocenters. The molecule has 1 heterocycles. The highest BCUT2D eigenvalue weighted by molar-refractivity contribution is 5.51. The maximum absolute atomic E-state index is 12.1. The van der Waals surface area contributed by atoms with Crippen LogP contribution < -0.4 is 0 Å². The smallest absolute Gasteiger partial charge is 0.133 e. The van der Waals surface area contributed by atoms with Gasteiger partial charge in [0, 0.05) is 6.20 Å². The van der Waals surface area contributed by atoms with Crippen molar-refractivity contribution in [1.82, 2.24) is 9.55 Å². The van der Waals surface area contributed by atoms with E-state index in [1.165, 1.54) is 11.1 Å². The van der Waals surface area contributed by atoms with Crippen LogP contribution in [0.3, 0.4) is 0 Å². The molecule has 1 aromatic heterocycles. The first kappa shape index (κ1) is 22.5. The molecule has 178 valence electrons. The van der Waals surface area contributed by atoms with Crippen LogP contribution >= 0.6 is 0 Å². The van der Waals surface area contributed by atoms with Crippen LogP contribution in [0.15, 0.2) is 122 Å². The zero-order valence-electron chi connectivity index (χ0n) is 20.5. The number of hydrogen-bond acceptors (Lipinski definition) is 2. The number of rotatable bonds is 5. The van der Waals surface area contributed by atoms with Crippen molar-refractivity contribution in [1.29, 1.82) is 0 Å². The topological polar surface area (TPSA) is 38.0 Å². The summed E-state index contributed by atoms with van der Waals surface area (Å²) in [5, 5.41) is 12.1. The van der Waals surface area contributed by atoms with Gasteiger partial charge in [-0.3, -0.25) is 0 Å². The van der Waals surface area contributed by atoms with E-state index in [4.69, 9.17) is 4.98 Å². The lowest BCUT2D eigenvalue weighted by Crippen LogP contribution is -2.37. The fourth-order valence-electron chi connectivity index (χ4n) is 6.05. The highest BCUT2D eigenvalue weighted by Gasteiger charge is 2.42. The first-order valence-electron chi connectivity index (χ1n) is 12.7. The van der Waals surface area contributed by atoms with E-state index in [0.29, 0.717) is 12.1 Å². The Morgan fingerprint density at radius 3 is 1.86 bits per heavy atom. The van der Waals surface area contributed by atoms with Crippen LogP contribution in [0, 0.1) is 6.92 Å². The predicted octanol–water partition coefficient (Wildman–Crippen LogP) is 6.60. The number of nitrogens with zero attached hydrogens (tertiary/aromatic N) is 2. The zero-order chi connectivity index (χ0) is 24.6. The standard InChI is InChI=1S/C33H30N2O/c1-25-13-11-21-30-29(25)20-12-22-32(30,36)31-23-35(24-34-31)33(26-14-5-2-6-15-26,27-16-7-3-8-17-27)28-18-9-4-10-19-28/h2-11,13-19,21,23-24,36H,12,20,22H2,1H3. The fourth-order valence-corrected chi connectivity index (χ4v) is 6.05. The maximum Gasteiger partial charge on any atom is 0.133 e. The molecule has 0 fully saturated rings. The van der Waals surface area contributed by atoms with Gasteiger partial charge in [-0.15, -0.1) is 0 Å². The van der Waals surface area contributed by atoms with Gasteiger partial charge in [-0.25, -0.2) is 4.98 Å². The molecule has 1 aliphatic carbocycles. The van der Waals surface area contributed by atoms with Crippen LogP contribution in [0.2, 0.25) is 0 Å². The second kappa shape index (κ2) is 8.92. The van der Waals surface area contributed by atoms with E-state index in [-0.39, 0.29) is 0 Å². The molecule has 6 rings (SSSR count). The highest BCUT2D eigenvalue weighted by Crippen LogP contribution is 2.44. The monoisotopic (exact) mass is 470 g/mol. The Morgan fingerprint density at radius 1 is 0.750 bits per heavy atom. The van der Waals surface area contributed by atoms with E-state index in [1.54, 1.807) is 0 Å². The van der Waals surface area contributed by atoms with Crippen LogP contribution in [-0.2, 0) is 17.6 Å². The van der Waals surface area contributed by atoms with Crippen LogP contribution in [0.1, 0.15) is 51.9 Å². The molecule has 0 spiro atoms. The lowest BCUT2D eigenvalue weighted by Gasteiger charge is -2.38. The van der Waals surface area contributed by atoms with Crippen molar-refractivity contribution in [3.8, 4) is 0 Å². The molecule has 0 saturated heterocycles. The first-order chi connectivity index (χ1) is 17.6. The summed E-state index contributed by atoms with van der Waals surface area (Å²) in [6.45, 7) is 2.13. The van der Waals surface area contributed by atoms with Gasteiger partial charge in [0.2, 0.25) is 0 Å². The molecule has 1 N–H and O–H groups in total. The fraction of sp³-hybridized carbons (Fsp3) is 0.182. The molecule has 1 unspecified atom stereocenters. The van der Waals surface area contributed by atoms with Crippen molar-refractivity contribution in [3.63, 3.8) is 0 Å². The second-order valence-corrected chi connectivity index (χ2v) is 9.79. The summed E-state index contributed by atoms with van der Waals surface area (Å²) in [7, 11) is 0. The average molecular weight is 471 g/mol. The predicted molar refractivity (Wildman–Crippen MR) is 144 cm³/mol. The molecule has 4 aromatic carbocycles. The molecule has 36 heavy (non-hydrogen) atoms. The number of imidazole rings is 1. The normalized spacial score (nSPS) is 17.5. The van der Waals surface area contributed by atoms with Crippen LogP contribution in [0.4, 0.5) is 0 Å². The van der Waals surface area contributed by atoms with Gasteiger partial charge >= 0.3 is 0 Å². The Bertz CT molecular complexity index is 1380. The van der Waals surface area contributed by atoms with Gasteiger partial charge in [-0.1, -0.05) is 109 Å². The summed E-state index contributed by atoms with van der Waals surface area (Å²) in [5.41, 5.74) is 5.83. The summed E-state index contributed by atoms with van der Waals surface area (Å²) in [5.74, 6) is 0. The van der Waals surface area contributed by atoms with E-state index >= 15 is 0 Å². The van der Waals surface area contributed by atoms with Gasteiger partial charge in [0.05, 0.1) is 12.0 Å². The molecule has 0 radical (unpaired) electrons. The molecular formula is C33H30N2O. The first-order valence-corrected chi connectivity index (χ1v) is 12.7. The molecule has 0 aliphatic heterocycles. The molecule has 0 saturated carbocycles. The lowest BCUT2D eigenvalue weighted by molar-refractivity contribution is 0.0573. The summed E-state index contributed by atoms with van der Waals surface area (Å²) in [6, 6.07) is 37.9. The van der Waals surface area contributed by atoms with Crippen molar-refractivity contribution in [2.24, 2.45) is 0 Å². The zero-order valence-corrected chi connectivity index (χ0v) is 20.5. The van der Waals surface area contributed by atoms with Crippen molar-refractivity contribution in [2.75, 3.05) is 0 Å². The van der Waals surface area contributed by atoms with E-state index in [2.05, 4.69) is 103 Å². The van der Waals surface area contributed by atoms with E-state index < -0.39 is 11.1 Å². The Balaban J connectivity index is 1.61. The van der Waals surface area contributed by atoms with Crippen LogP contribution in [-0.4, -0.2) is 14.7 Å². The van der Waals surface area contributed by atoms with Gasteiger partial charge in [0.25, 0.3) is 0 Å². The summed E-state index contributed by atoms with van der Waals surface area (Å²) >= 11 is 0. The van der Waals surface area contributed by atoms with E-state index in [0.717, 1.165) is 35.1 Å². The molecule has 3 heteroatoms. The second-order valence-electron chi connectivity index (χ2n) is 9.79. The Labute approximate surface area is 212 Å². The third-order valence-electron chi connectivity index (χ3n) is 7.79. The van der Waals surface area contributed by atoms with Gasteiger partial charge in [-0.2, -0.15) is 0 Å². The largest absolute Gasteiger partial charge is 0.379 e. The molecule has 0 bridgehead atoms. The van der Waals surface area contributed by atoms with Gasteiger partial charge in [0.15, 0.2) is 0 Å². The third-order valence-corrected chi connectivity index (χ3v) is 7.79. The SMILES string of the molecule is Cc1cccc2c1CCCC2(O)c1cn(C(c2ccccc2)(c2ccccc2)c2ccccc2)cn1. The van der Waals surface area contributed by atoms with Crippen LogP contribution in [0.25, 0.3) is 0 Å². The van der Waals surface area contributed by atoms with Crippen LogP contribution in [0.5, 0.6) is 0 Å². The minimum Gasteiger partial charge on any atom is -0.379 e. The molecule has 3 nitrogen and oxygen atoms in total. The Kier molecular flexibility index (Phi) is 5.58. The lowest BCUT2D eigenvalue weighted by atomic mass is 9.75. The van der Waals surface area contributed by atoms with Gasteiger partial charge in [-0.05, 0) is 59.6 Å². The molecule has 0 amide bonds. The quantitative estimate of drug-likeness (QED) is 0.294. The number of aromatic nitrogens is 2. The number of aryl methyl sites for hydroxylation is 1. The van der Waals surface area contributed by atoms with Crippen molar-refractivity contribution in [3.05, 3.63) is 161 Å². The number of benzene rings is 4. The minimum absolute atomic E-state index is 0.643. The Morgan fingerprint density at radius 2 is 1.31 bits per heavy atom. The third kappa shape index (κ3) is 3.42. The van der Waals surface area contributed by atoms with Gasteiger partial charge in [0.1, 0.15) is 11.1 Å². The summed E-state index contributed by atoms with van der Waals surface area (Å²) in [6.07, 6.45) is 6.54. The van der Waals surface area contributed by atoms with E-state index in [1.807, 2.05) is 30.6 Å². The van der Waals surface area contributed by atoms with Crippen molar-refractivity contribution >= 4 is 0 Å². The average Bonchev–Trinajstić information content (AvgIpc) is 3.43. The van der Waals surface area contributed by atoms with Gasteiger partial charge < -0.3 is 9.67 Å².